The van der Waals surface area contributed by atoms with Gasteiger partial charge in [0.15, 0.2) is 0 Å². The number of rotatable bonds is 3. The molecule has 0 amide bonds. The summed E-state index contributed by atoms with van der Waals surface area (Å²) in [6.07, 6.45) is 2.01. The van der Waals surface area contributed by atoms with Gasteiger partial charge >= 0.3 is 0 Å². The molecule has 0 heterocycles. The molecule has 0 fully saturated rings. The Morgan fingerprint density at radius 2 is 1.44 bits per heavy atom. The quantitative estimate of drug-likeness (QED) is 0.771. The van der Waals surface area contributed by atoms with Crippen LogP contribution in [-0.4, -0.2) is 11.7 Å². The van der Waals surface area contributed by atoms with Crippen molar-refractivity contribution in [2.24, 2.45) is 0 Å². The van der Waals surface area contributed by atoms with Crippen LogP contribution < -0.4 is 0 Å². The van der Waals surface area contributed by atoms with E-state index < -0.39 is 0 Å². The van der Waals surface area contributed by atoms with Crippen molar-refractivity contribution in [1.29, 1.82) is 0 Å². The number of benzene rings is 2. The Bertz CT molecular complexity index is 457. The molecule has 0 saturated heterocycles. The average molecular weight is 210 g/mol. The summed E-state index contributed by atoms with van der Waals surface area (Å²) in [5.74, 6) is 0. The second-order valence-electron chi connectivity index (χ2n) is 3.60. The Morgan fingerprint density at radius 1 is 0.875 bits per heavy atom. The lowest BCUT2D eigenvalue weighted by molar-refractivity contribution is 0.351. The molecule has 0 radical (unpaired) electrons. The zero-order valence-electron chi connectivity index (χ0n) is 9.01. The Kier molecular flexibility index (Phi) is 3.52. The van der Waals surface area contributed by atoms with E-state index in [1.165, 1.54) is 0 Å². The van der Waals surface area contributed by atoms with E-state index in [4.69, 9.17) is 0 Å². The van der Waals surface area contributed by atoms with Gasteiger partial charge in [0.05, 0.1) is 6.61 Å². The SMILES string of the molecule is OC/C(=C\c1ccccc1)c1ccccc1. The minimum Gasteiger partial charge on any atom is -0.392 e. The van der Waals surface area contributed by atoms with Gasteiger partial charge in [0.25, 0.3) is 0 Å². The first-order chi connectivity index (χ1) is 7.90. The van der Waals surface area contributed by atoms with Crippen molar-refractivity contribution in [2.45, 2.75) is 0 Å². The van der Waals surface area contributed by atoms with Gasteiger partial charge < -0.3 is 5.11 Å². The molecule has 80 valence electrons. The number of hydrogen-bond donors (Lipinski definition) is 1. The van der Waals surface area contributed by atoms with Gasteiger partial charge in [0.1, 0.15) is 0 Å². The fourth-order valence-electron chi connectivity index (χ4n) is 1.62. The van der Waals surface area contributed by atoms with Crippen LogP contribution in [0.3, 0.4) is 0 Å². The summed E-state index contributed by atoms with van der Waals surface area (Å²) < 4.78 is 0. The maximum atomic E-state index is 9.37. The van der Waals surface area contributed by atoms with Gasteiger partial charge in [-0.3, -0.25) is 0 Å². The zero-order valence-corrected chi connectivity index (χ0v) is 9.01. The molecule has 0 spiro atoms. The maximum absolute atomic E-state index is 9.37. The minimum absolute atomic E-state index is 0.0545. The van der Waals surface area contributed by atoms with Crippen LogP contribution in [0, 0.1) is 0 Å². The highest BCUT2D eigenvalue weighted by atomic mass is 16.3. The van der Waals surface area contributed by atoms with Gasteiger partial charge in [-0.15, -0.1) is 0 Å². The second-order valence-corrected chi connectivity index (χ2v) is 3.60. The van der Waals surface area contributed by atoms with Gasteiger partial charge in [-0.2, -0.15) is 0 Å². The van der Waals surface area contributed by atoms with Crippen LogP contribution in [0.25, 0.3) is 11.6 Å². The van der Waals surface area contributed by atoms with Crippen molar-refractivity contribution in [3.05, 3.63) is 71.8 Å². The van der Waals surface area contributed by atoms with Crippen LogP contribution in [-0.2, 0) is 0 Å². The van der Waals surface area contributed by atoms with E-state index in [-0.39, 0.29) is 6.61 Å². The lowest BCUT2D eigenvalue weighted by Gasteiger charge is -2.04. The van der Waals surface area contributed by atoms with Crippen molar-refractivity contribution in [1.82, 2.24) is 0 Å². The van der Waals surface area contributed by atoms with Crippen molar-refractivity contribution in [3.63, 3.8) is 0 Å². The maximum Gasteiger partial charge on any atom is 0.0687 e. The monoisotopic (exact) mass is 210 g/mol. The van der Waals surface area contributed by atoms with E-state index >= 15 is 0 Å². The predicted molar refractivity (Wildman–Crippen MR) is 67.8 cm³/mol. The summed E-state index contributed by atoms with van der Waals surface area (Å²) in [5.41, 5.74) is 3.11. The molecular formula is C15H14O. The van der Waals surface area contributed by atoms with Crippen LogP contribution in [0.1, 0.15) is 11.1 Å². The Balaban J connectivity index is 2.34. The predicted octanol–water partition coefficient (Wildman–Crippen LogP) is 3.22. The van der Waals surface area contributed by atoms with E-state index in [0.29, 0.717) is 0 Å². The molecule has 2 aromatic carbocycles. The van der Waals surface area contributed by atoms with E-state index in [9.17, 15) is 5.11 Å². The van der Waals surface area contributed by atoms with E-state index in [0.717, 1.165) is 16.7 Å². The van der Waals surface area contributed by atoms with Crippen LogP contribution in [0.2, 0.25) is 0 Å². The molecule has 0 aromatic heterocycles. The highest BCUT2D eigenvalue weighted by Crippen LogP contribution is 2.17. The zero-order chi connectivity index (χ0) is 11.2. The molecule has 1 N–H and O–H groups in total. The largest absolute Gasteiger partial charge is 0.392 e. The molecule has 16 heavy (non-hydrogen) atoms. The number of aliphatic hydroxyl groups is 1. The van der Waals surface area contributed by atoms with E-state index in [1.807, 2.05) is 66.7 Å². The average Bonchev–Trinajstić information content (AvgIpc) is 2.38. The fraction of sp³-hybridized carbons (Fsp3) is 0.0667. The molecular weight excluding hydrogens is 196 g/mol. The summed E-state index contributed by atoms with van der Waals surface area (Å²) in [6.45, 7) is 0.0545. The van der Waals surface area contributed by atoms with Gasteiger partial charge in [-0.1, -0.05) is 60.7 Å². The summed E-state index contributed by atoms with van der Waals surface area (Å²) >= 11 is 0. The highest BCUT2D eigenvalue weighted by Gasteiger charge is 1.98. The Labute approximate surface area is 95.7 Å². The van der Waals surface area contributed by atoms with E-state index in [2.05, 4.69) is 0 Å². The van der Waals surface area contributed by atoms with Crippen LogP contribution in [0.5, 0.6) is 0 Å². The van der Waals surface area contributed by atoms with Crippen molar-refractivity contribution >= 4 is 11.6 Å². The summed E-state index contributed by atoms with van der Waals surface area (Å²) in [6, 6.07) is 20.0. The molecule has 0 unspecified atom stereocenters. The second kappa shape index (κ2) is 5.29. The summed E-state index contributed by atoms with van der Waals surface area (Å²) in [5, 5.41) is 9.37. The van der Waals surface area contributed by atoms with Crippen LogP contribution in [0.15, 0.2) is 60.7 Å². The van der Waals surface area contributed by atoms with Gasteiger partial charge in [0, 0.05) is 0 Å². The number of aliphatic hydroxyl groups excluding tert-OH is 1. The van der Waals surface area contributed by atoms with Gasteiger partial charge in [0.2, 0.25) is 0 Å². The van der Waals surface area contributed by atoms with Crippen molar-refractivity contribution < 1.29 is 5.11 Å². The third-order valence-electron chi connectivity index (χ3n) is 2.46. The highest BCUT2D eigenvalue weighted by molar-refractivity contribution is 5.81. The van der Waals surface area contributed by atoms with Gasteiger partial charge in [-0.05, 0) is 22.8 Å². The van der Waals surface area contributed by atoms with Crippen molar-refractivity contribution in [3.8, 4) is 0 Å². The number of hydrogen-bond acceptors (Lipinski definition) is 1. The lowest BCUT2D eigenvalue weighted by atomic mass is 10.0. The first-order valence-electron chi connectivity index (χ1n) is 5.32. The molecule has 0 bridgehead atoms. The van der Waals surface area contributed by atoms with Crippen LogP contribution in [0.4, 0.5) is 0 Å². The van der Waals surface area contributed by atoms with Crippen LogP contribution >= 0.6 is 0 Å². The van der Waals surface area contributed by atoms with E-state index in [1.54, 1.807) is 0 Å². The smallest absolute Gasteiger partial charge is 0.0687 e. The fourth-order valence-corrected chi connectivity index (χ4v) is 1.62. The minimum atomic E-state index is 0.0545. The standard InChI is InChI=1S/C15H14O/c16-12-15(14-9-5-2-6-10-14)11-13-7-3-1-4-8-13/h1-11,16H,12H2/b15-11+. The third-order valence-corrected chi connectivity index (χ3v) is 2.46. The third kappa shape index (κ3) is 2.59. The molecule has 0 aliphatic carbocycles. The Hall–Kier alpha value is -1.86. The summed E-state index contributed by atoms with van der Waals surface area (Å²) in [4.78, 5) is 0. The molecule has 0 saturated carbocycles. The van der Waals surface area contributed by atoms with Crippen molar-refractivity contribution in [2.75, 3.05) is 6.61 Å². The molecule has 0 atom stereocenters. The lowest BCUT2D eigenvalue weighted by Crippen LogP contribution is -1.89. The molecule has 0 aliphatic rings. The normalized spacial score (nSPS) is 11.4. The first-order valence-corrected chi connectivity index (χ1v) is 5.32. The topological polar surface area (TPSA) is 20.2 Å². The molecule has 1 heteroatoms. The molecule has 2 aromatic rings. The van der Waals surface area contributed by atoms with Gasteiger partial charge in [-0.25, -0.2) is 0 Å². The first kappa shape index (κ1) is 10.7. The summed E-state index contributed by atoms with van der Waals surface area (Å²) in [7, 11) is 0. The molecule has 0 aliphatic heterocycles. The molecule has 2 rings (SSSR count). The molecule has 1 nitrogen and oxygen atoms in total. The Morgan fingerprint density at radius 3 is 2.00 bits per heavy atom.